The molecule has 1 amide bonds. The Kier molecular flexibility index (Phi) is 5.17. The van der Waals surface area contributed by atoms with Crippen molar-refractivity contribution in [1.82, 2.24) is 15.3 Å². The maximum atomic E-state index is 11.6. The molecule has 0 bridgehead atoms. The molecule has 0 saturated carbocycles. The molecule has 0 radical (unpaired) electrons. The number of furan rings is 1. The van der Waals surface area contributed by atoms with Gasteiger partial charge in [0, 0.05) is 12.7 Å². The zero-order valence-electron chi connectivity index (χ0n) is 11.5. The number of nitrogens with one attached hydrogen (secondary N) is 1. The fourth-order valence-corrected chi connectivity index (χ4v) is 2.13. The third-order valence-electron chi connectivity index (χ3n) is 2.45. The first-order valence-electron chi connectivity index (χ1n) is 6.41. The van der Waals surface area contributed by atoms with E-state index in [0.717, 1.165) is 5.69 Å². The maximum absolute atomic E-state index is 11.6. The highest BCUT2D eigenvalue weighted by atomic mass is 32.2. The van der Waals surface area contributed by atoms with Gasteiger partial charge in [-0.2, -0.15) is 0 Å². The summed E-state index contributed by atoms with van der Waals surface area (Å²) in [6.45, 7) is 4.80. The number of hydrogen-bond donors (Lipinski definition) is 1. The molecular weight excluding hydrogens is 274 g/mol. The van der Waals surface area contributed by atoms with Gasteiger partial charge in [0.1, 0.15) is 5.69 Å². The summed E-state index contributed by atoms with van der Waals surface area (Å²) in [6.07, 6.45) is 3.27. The Morgan fingerprint density at radius 1 is 1.45 bits per heavy atom. The summed E-state index contributed by atoms with van der Waals surface area (Å²) in [5.41, 5.74) is 0.718. The molecule has 106 valence electrons. The van der Waals surface area contributed by atoms with Crippen LogP contribution in [0.2, 0.25) is 0 Å². The molecule has 0 aliphatic heterocycles. The third kappa shape index (κ3) is 4.38. The van der Waals surface area contributed by atoms with Crippen molar-refractivity contribution in [3.8, 4) is 11.5 Å². The smallest absolute Gasteiger partial charge is 0.230 e. The Morgan fingerprint density at radius 3 is 3.00 bits per heavy atom. The van der Waals surface area contributed by atoms with E-state index in [0.29, 0.717) is 29.1 Å². The van der Waals surface area contributed by atoms with E-state index in [1.54, 1.807) is 18.5 Å². The summed E-state index contributed by atoms with van der Waals surface area (Å²) < 4.78 is 5.29. The summed E-state index contributed by atoms with van der Waals surface area (Å²) in [4.78, 5) is 20.1. The fourth-order valence-electron chi connectivity index (χ4n) is 1.47. The molecule has 0 saturated heterocycles. The minimum absolute atomic E-state index is 0.00398. The Balaban J connectivity index is 1.90. The van der Waals surface area contributed by atoms with Crippen LogP contribution in [0.1, 0.15) is 13.8 Å². The van der Waals surface area contributed by atoms with Crippen molar-refractivity contribution in [1.29, 1.82) is 0 Å². The Labute approximate surface area is 122 Å². The highest BCUT2D eigenvalue weighted by Gasteiger charge is 2.08. The maximum Gasteiger partial charge on any atom is 0.230 e. The van der Waals surface area contributed by atoms with Crippen LogP contribution in [0.25, 0.3) is 11.5 Å². The summed E-state index contributed by atoms with van der Waals surface area (Å²) in [5, 5.41) is 3.43. The van der Waals surface area contributed by atoms with Crippen LogP contribution in [0, 0.1) is 5.92 Å². The van der Waals surface area contributed by atoms with Crippen molar-refractivity contribution < 1.29 is 9.21 Å². The van der Waals surface area contributed by atoms with Gasteiger partial charge in [0.15, 0.2) is 10.9 Å². The van der Waals surface area contributed by atoms with Gasteiger partial charge in [-0.15, -0.1) is 0 Å². The quantitative estimate of drug-likeness (QED) is 0.654. The molecule has 0 atom stereocenters. The average molecular weight is 291 g/mol. The molecule has 2 heterocycles. The molecule has 2 aromatic heterocycles. The van der Waals surface area contributed by atoms with Crippen molar-refractivity contribution in [3.05, 3.63) is 30.7 Å². The summed E-state index contributed by atoms with van der Waals surface area (Å²) in [6, 6.07) is 5.43. The van der Waals surface area contributed by atoms with Crippen LogP contribution >= 0.6 is 11.8 Å². The van der Waals surface area contributed by atoms with Gasteiger partial charge in [-0.1, -0.05) is 25.6 Å². The van der Waals surface area contributed by atoms with E-state index in [-0.39, 0.29) is 5.91 Å². The van der Waals surface area contributed by atoms with Gasteiger partial charge in [-0.05, 0) is 24.1 Å². The van der Waals surface area contributed by atoms with Crippen molar-refractivity contribution in [3.63, 3.8) is 0 Å². The normalized spacial score (nSPS) is 10.8. The number of thioether (sulfide) groups is 1. The molecule has 1 N–H and O–H groups in total. The van der Waals surface area contributed by atoms with Gasteiger partial charge >= 0.3 is 0 Å². The van der Waals surface area contributed by atoms with E-state index >= 15 is 0 Å². The molecule has 20 heavy (non-hydrogen) atoms. The first-order chi connectivity index (χ1) is 9.65. The predicted octanol–water partition coefficient (Wildman–Crippen LogP) is 2.60. The Hall–Kier alpha value is -1.82. The zero-order chi connectivity index (χ0) is 14.4. The number of nitrogens with zero attached hydrogens (tertiary/aromatic N) is 2. The molecule has 0 fully saturated rings. The average Bonchev–Trinajstić information content (AvgIpc) is 2.97. The first-order valence-corrected chi connectivity index (χ1v) is 7.40. The number of rotatable bonds is 6. The lowest BCUT2D eigenvalue weighted by Crippen LogP contribution is -2.28. The lowest BCUT2D eigenvalue weighted by atomic mass is 10.2. The minimum Gasteiger partial charge on any atom is -0.463 e. The molecule has 2 rings (SSSR count). The van der Waals surface area contributed by atoms with Gasteiger partial charge in [0.25, 0.3) is 0 Å². The fraction of sp³-hybridized carbons (Fsp3) is 0.357. The number of carbonyl (C=O) groups excluding carboxylic acids is 1. The van der Waals surface area contributed by atoms with Gasteiger partial charge < -0.3 is 9.73 Å². The van der Waals surface area contributed by atoms with Crippen LogP contribution in [0.15, 0.2) is 40.2 Å². The Bertz CT molecular complexity index is 555. The van der Waals surface area contributed by atoms with E-state index < -0.39 is 0 Å². The van der Waals surface area contributed by atoms with Crippen molar-refractivity contribution in [2.45, 2.75) is 19.0 Å². The highest BCUT2D eigenvalue weighted by Crippen LogP contribution is 2.20. The molecule has 0 aliphatic carbocycles. The zero-order valence-corrected chi connectivity index (χ0v) is 12.3. The summed E-state index contributed by atoms with van der Waals surface area (Å²) in [7, 11) is 0. The summed E-state index contributed by atoms with van der Waals surface area (Å²) in [5.74, 6) is 1.45. The summed E-state index contributed by atoms with van der Waals surface area (Å²) >= 11 is 1.32. The number of aromatic nitrogens is 2. The molecule has 0 aromatic carbocycles. The van der Waals surface area contributed by atoms with Crippen LogP contribution in [0.5, 0.6) is 0 Å². The van der Waals surface area contributed by atoms with Crippen molar-refractivity contribution in [2.75, 3.05) is 12.3 Å². The standard InChI is InChI=1S/C14H17N3O2S/c1-10(2)8-16-13(18)9-20-14-15-6-5-11(17-14)12-4-3-7-19-12/h3-7,10H,8-9H2,1-2H3,(H,16,18). The van der Waals surface area contributed by atoms with E-state index in [1.807, 2.05) is 12.1 Å². The SMILES string of the molecule is CC(C)CNC(=O)CSc1nccc(-c2ccco2)n1. The molecule has 2 aromatic rings. The van der Waals surface area contributed by atoms with Crippen LogP contribution < -0.4 is 5.32 Å². The lowest BCUT2D eigenvalue weighted by Gasteiger charge is -2.07. The van der Waals surface area contributed by atoms with E-state index in [9.17, 15) is 4.79 Å². The van der Waals surface area contributed by atoms with Gasteiger partial charge in [0.2, 0.25) is 5.91 Å². The predicted molar refractivity (Wildman–Crippen MR) is 78.3 cm³/mol. The van der Waals surface area contributed by atoms with Crippen molar-refractivity contribution >= 4 is 17.7 Å². The van der Waals surface area contributed by atoms with Crippen molar-refractivity contribution in [2.24, 2.45) is 5.92 Å². The first kappa shape index (κ1) is 14.6. The molecule has 0 unspecified atom stereocenters. The largest absolute Gasteiger partial charge is 0.463 e. The Morgan fingerprint density at radius 2 is 2.30 bits per heavy atom. The van der Waals surface area contributed by atoms with Gasteiger partial charge in [-0.3, -0.25) is 4.79 Å². The van der Waals surface area contributed by atoms with Gasteiger partial charge in [0.05, 0.1) is 12.0 Å². The number of amides is 1. The third-order valence-corrected chi connectivity index (χ3v) is 3.31. The van der Waals surface area contributed by atoms with Gasteiger partial charge in [-0.25, -0.2) is 9.97 Å². The topological polar surface area (TPSA) is 68.0 Å². The highest BCUT2D eigenvalue weighted by molar-refractivity contribution is 7.99. The van der Waals surface area contributed by atoms with Crippen LogP contribution in [0.4, 0.5) is 0 Å². The number of hydrogen-bond acceptors (Lipinski definition) is 5. The second-order valence-corrected chi connectivity index (χ2v) is 5.63. The molecule has 0 aliphatic rings. The van der Waals surface area contributed by atoms with E-state index in [2.05, 4.69) is 29.1 Å². The van der Waals surface area contributed by atoms with Crippen LogP contribution in [0.3, 0.4) is 0 Å². The van der Waals surface area contributed by atoms with Crippen LogP contribution in [-0.2, 0) is 4.79 Å². The lowest BCUT2D eigenvalue weighted by molar-refractivity contribution is -0.118. The van der Waals surface area contributed by atoms with Crippen LogP contribution in [-0.4, -0.2) is 28.2 Å². The second-order valence-electron chi connectivity index (χ2n) is 4.69. The van der Waals surface area contributed by atoms with E-state index in [4.69, 9.17) is 4.42 Å². The molecule has 6 heteroatoms. The second kappa shape index (κ2) is 7.09. The van der Waals surface area contributed by atoms with E-state index in [1.165, 1.54) is 11.8 Å². The molecule has 0 spiro atoms. The number of carbonyl (C=O) groups is 1. The minimum atomic E-state index is -0.00398. The molecular formula is C14H17N3O2S. The monoisotopic (exact) mass is 291 g/mol. The molecule has 5 nitrogen and oxygen atoms in total.